The molecule has 0 amide bonds. The molecule has 0 heterocycles. The topological polar surface area (TPSA) is 3.24 Å². The van der Waals surface area contributed by atoms with Gasteiger partial charge < -0.3 is 0 Å². The number of rotatable bonds is 8. The third-order valence-electron chi connectivity index (χ3n) is 1.85. The summed E-state index contributed by atoms with van der Waals surface area (Å²) in [6.07, 6.45) is 5.48. The first kappa shape index (κ1) is 12.5. The molecule has 0 bridgehead atoms. The molecule has 0 N–H and O–H groups in total. The Balaban J connectivity index is 3.34. The quantitative estimate of drug-likeness (QED) is 0.460. The van der Waals surface area contributed by atoms with Gasteiger partial charge in [0.2, 0.25) is 0 Å². The van der Waals surface area contributed by atoms with E-state index in [0.717, 1.165) is 0 Å². The fourth-order valence-electron chi connectivity index (χ4n) is 1.22. The van der Waals surface area contributed by atoms with Gasteiger partial charge in [0.25, 0.3) is 0 Å². The summed E-state index contributed by atoms with van der Waals surface area (Å²) in [6.45, 7) is 9.55. The second-order valence-corrected chi connectivity index (χ2v) is 6.29. The van der Waals surface area contributed by atoms with Gasteiger partial charge in [-0.1, -0.05) is 0 Å². The standard InChI is InChI=1S/C10H24AsN/c1-4-7-8-11-12(9-5-2)10-6-3/h11H,4-10H2,1-3H3. The van der Waals surface area contributed by atoms with E-state index in [1.807, 2.05) is 0 Å². The van der Waals surface area contributed by atoms with Crippen molar-refractivity contribution in [2.24, 2.45) is 0 Å². The first-order valence-electron chi connectivity index (χ1n) is 5.33. The average Bonchev–Trinajstić information content (AvgIpc) is 2.06. The van der Waals surface area contributed by atoms with Crippen LogP contribution in [0.1, 0.15) is 46.5 Å². The Kier molecular flexibility index (Phi) is 10.0. The van der Waals surface area contributed by atoms with Gasteiger partial charge in [-0.3, -0.25) is 0 Å². The van der Waals surface area contributed by atoms with Crippen LogP contribution < -0.4 is 0 Å². The predicted molar refractivity (Wildman–Crippen MR) is 59.0 cm³/mol. The van der Waals surface area contributed by atoms with Crippen LogP contribution >= 0.6 is 0 Å². The summed E-state index contributed by atoms with van der Waals surface area (Å²) < 4.78 is 2.72. The Bertz CT molecular complexity index is 79.9. The summed E-state index contributed by atoms with van der Waals surface area (Å²) in [5.74, 6) is 0. The minimum atomic E-state index is 0.245. The van der Waals surface area contributed by atoms with Gasteiger partial charge in [0.1, 0.15) is 0 Å². The molecule has 0 aromatic rings. The van der Waals surface area contributed by atoms with Gasteiger partial charge in [0, 0.05) is 0 Å². The van der Waals surface area contributed by atoms with Crippen LogP contribution in [0.2, 0.25) is 5.21 Å². The summed E-state index contributed by atoms with van der Waals surface area (Å²) in [4.78, 5) is 0. The molecule has 0 saturated carbocycles. The van der Waals surface area contributed by atoms with Crippen LogP contribution in [0.4, 0.5) is 0 Å². The Morgan fingerprint density at radius 2 is 1.50 bits per heavy atom. The molecule has 0 aliphatic heterocycles. The van der Waals surface area contributed by atoms with E-state index in [1.165, 1.54) is 44.0 Å². The Labute approximate surface area is 84.8 Å². The van der Waals surface area contributed by atoms with Crippen LogP contribution in [0.15, 0.2) is 0 Å². The fourth-order valence-corrected chi connectivity index (χ4v) is 4.56. The number of hydrogen-bond donors (Lipinski definition) is 0. The summed E-state index contributed by atoms with van der Waals surface area (Å²) >= 11 is 0.245. The molecular weight excluding hydrogens is 209 g/mol. The Morgan fingerprint density at radius 1 is 0.917 bits per heavy atom. The predicted octanol–water partition coefficient (Wildman–Crippen LogP) is 2.68. The van der Waals surface area contributed by atoms with Crippen molar-refractivity contribution in [1.82, 2.24) is 3.82 Å². The Morgan fingerprint density at radius 3 is 1.92 bits per heavy atom. The van der Waals surface area contributed by atoms with E-state index in [2.05, 4.69) is 24.6 Å². The first-order valence-corrected chi connectivity index (χ1v) is 7.75. The molecule has 1 atom stereocenters. The molecule has 0 aliphatic rings. The van der Waals surface area contributed by atoms with Crippen molar-refractivity contribution >= 4 is 16.0 Å². The van der Waals surface area contributed by atoms with Crippen molar-refractivity contribution in [2.75, 3.05) is 13.1 Å². The van der Waals surface area contributed by atoms with Crippen molar-refractivity contribution in [2.45, 2.75) is 51.7 Å². The van der Waals surface area contributed by atoms with Gasteiger partial charge in [-0.05, 0) is 0 Å². The maximum absolute atomic E-state index is 2.72. The fraction of sp³-hybridized carbons (Fsp3) is 1.00. The molecule has 1 nitrogen and oxygen atoms in total. The van der Waals surface area contributed by atoms with Gasteiger partial charge in [-0.15, -0.1) is 0 Å². The molecule has 1 unspecified atom stereocenters. The summed E-state index contributed by atoms with van der Waals surface area (Å²) in [7, 11) is 0. The molecular formula is C10H24AsN. The third kappa shape index (κ3) is 7.18. The van der Waals surface area contributed by atoms with Crippen LogP contribution in [-0.2, 0) is 0 Å². The van der Waals surface area contributed by atoms with Crippen LogP contribution in [0.25, 0.3) is 0 Å². The molecule has 0 radical (unpaired) electrons. The molecule has 0 aromatic carbocycles. The number of nitrogens with zero attached hydrogens (tertiary/aromatic N) is 1. The van der Waals surface area contributed by atoms with Gasteiger partial charge in [-0.25, -0.2) is 0 Å². The normalized spacial score (nSPS) is 12.0. The molecule has 74 valence electrons. The van der Waals surface area contributed by atoms with Crippen LogP contribution in [0.3, 0.4) is 0 Å². The zero-order valence-electron chi connectivity index (χ0n) is 8.90. The summed E-state index contributed by atoms with van der Waals surface area (Å²) in [6, 6.07) is 0. The van der Waals surface area contributed by atoms with E-state index < -0.39 is 0 Å². The molecule has 0 saturated heterocycles. The average molecular weight is 233 g/mol. The SMILES string of the molecule is CCCC[AsH]N(CCC)CCC. The van der Waals surface area contributed by atoms with Gasteiger partial charge in [-0.2, -0.15) is 0 Å². The minimum absolute atomic E-state index is 0.245. The van der Waals surface area contributed by atoms with Gasteiger partial charge in [0.05, 0.1) is 0 Å². The van der Waals surface area contributed by atoms with Crippen molar-refractivity contribution < 1.29 is 0 Å². The molecule has 12 heavy (non-hydrogen) atoms. The second kappa shape index (κ2) is 9.61. The van der Waals surface area contributed by atoms with E-state index >= 15 is 0 Å². The van der Waals surface area contributed by atoms with Crippen molar-refractivity contribution in [3.63, 3.8) is 0 Å². The number of unbranched alkanes of at least 4 members (excludes halogenated alkanes) is 1. The van der Waals surface area contributed by atoms with E-state index in [1.54, 1.807) is 0 Å². The van der Waals surface area contributed by atoms with E-state index in [4.69, 9.17) is 0 Å². The molecule has 0 fully saturated rings. The Hall–Kier alpha value is 0.518. The third-order valence-corrected chi connectivity index (χ3v) is 4.94. The van der Waals surface area contributed by atoms with Gasteiger partial charge in [0.15, 0.2) is 0 Å². The van der Waals surface area contributed by atoms with E-state index in [9.17, 15) is 0 Å². The molecule has 0 spiro atoms. The molecule has 0 aliphatic carbocycles. The second-order valence-electron chi connectivity index (χ2n) is 3.25. The van der Waals surface area contributed by atoms with E-state index in [0.29, 0.717) is 0 Å². The van der Waals surface area contributed by atoms with Crippen LogP contribution in [0.5, 0.6) is 0 Å². The zero-order valence-corrected chi connectivity index (χ0v) is 11.0. The zero-order chi connectivity index (χ0) is 9.23. The first-order chi connectivity index (χ1) is 5.85. The summed E-state index contributed by atoms with van der Waals surface area (Å²) in [5.41, 5.74) is 0. The molecule has 0 aromatic heterocycles. The maximum atomic E-state index is 2.72. The van der Waals surface area contributed by atoms with Gasteiger partial charge >= 0.3 is 84.5 Å². The number of hydrogen-bond acceptors (Lipinski definition) is 1. The van der Waals surface area contributed by atoms with E-state index in [-0.39, 0.29) is 16.0 Å². The molecule has 2 heteroatoms. The van der Waals surface area contributed by atoms with Crippen molar-refractivity contribution in [3.05, 3.63) is 0 Å². The summed E-state index contributed by atoms with van der Waals surface area (Å²) in [5, 5.41) is 1.51. The van der Waals surface area contributed by atoms with Crippen molar-refractivity contribution in [3.8, 4) is 0 Å². The monoisotopic (exact) mass is 233 g/mol. The van der Waals surface area contributed by atoms with Crippen LogP contribution in [0, 0.1) is 0 Å². The molecule has 0 rings (SSSR count). The van der Waals surface area contributed by atoms with Crippen molar-refractivity contribution in [1.29, 1.82) is 0 Å². The van der Waals surface area contributed by atoms with Crippen LogP contribution in [-0.4, -0.2) is 32.9 Å².